The van der Waals surface area contributed by atoms with Gasteiger partial charge in [-0.3, -0.25) is 4.79 Å². The van der Waals surface area contributed by atoms with Gasteiger partial charge in [-0.05, 0) is 6.92 Å². The predicted molar refractivity (Wildman–Crippen MR) is 36.4 cm³/mol. The van der Waals surface area contributed by atoms with E-state index in [-0.39, 0.29) is 36.0 Å². The van der Waals surface area contributed by atoms with Gasteiger partial charge in [0.2, 0.25) is 5.91 Å². The number of rotatable bonds is 2. The fraction of sp³-hybridized carbons (Fsp3) is 0.833. The fourth-order valence-corrected chi connectivity index (χ4v) is 0.987. The van der Waals surface area contributed by atoms with Crippen molar-refractivity contribution in [3.05, 3.63) is 5.21 Å². The maximum atomic E-state index is 10.6. The van der Waals surface area contributed by atoms with Crippen molar-refractivity contribution < 1.29 is 43.8 Å². The van der Waals surface area contributed by atoms with Crippen LogP contribution in [0, 0.1) is 5.21 Å². The van der Waals surface area contributed by atoms with Gasteiger partial charge in [0.25, 0.3) is 0 Å². The number of hydrogen-bond donors (Lipinski definition) is 1. The molecule has 5 nitrogen and oxygen atoms in total. The van der Waals surface area contributed by atoms with Gasteiger partial charge in [-0.15, -0.1) is 0 Å². The Hall–Kier alpha value is 0.350. The van der Waals surface area contributed by atoms with Gasteiger partial charge >= 0.3 is 29.6 Å². The molecule has 0 unspecified atom stereocenters. The van der Waals surface area contributed by atoms with E-state index >= 15 is 0 Å². The number of ether oxygens (including phenoxy) is 2. The molecule has 1 rings (SSSR count). The van der Waals surface area contributed by atoms with Crippen LogP contribution in [0.3, 0.4) is 0 Å². The van der Waals surface area contributed by atoms with E-state index in [2.05, 4.69) is 0 Å². The summed E-state index contributed by atoms with van der Waals surface area (Å²) in [7, 11) is 0. The average molecular weight is 183 g/mol. The minimum Gasteiger partial charge on any atom is -0.759 e. The Morgan fingerprint density at radius 1 is 1.58 bits per heavy atom. The van der Waals surface area contributed by atoms with Gasteiger partial charge in [0.15, 0.2) is 5.79 Å². The first kappa shape index (κ1) is 12.3. The van der Waals surface area contributed by atoms with Gasteiger partial charge < -0.3 is 20.2 Å². The Labute approximate surface area is 92.7 Å². The van der Waals surface area contributed by atoms with Gasteiger partial charge in [-0.25, -0.2) is 0 Å². The second-order valence-electron chi connectivity index (χ2n) is 2.53. The number of nitrogens with one attached hydrogen (secondary N) is 1. The molecule has 0 saturated carbocycles. The van der Waals surface area contributed by atoms with E-state index in [0.717, 1.165) is 0 Å². The monoisotopic (exact) mass is 183 g/mol. The molecule has 0 aromatic carbocycles. The van der Waals surface area contributed by atoms with E-state index in [1.54, 1.807) is 6.92 Å². The van der Waals surface area contributed by atoms with Gasteiger partial charge in [0, 0.05) is 0 Å². The third kappa shape index (κ3) is 3.38. The summed E-state index contributed by atoms with van der Waals surface area (Å²) >= 11 is 0. The van der Waals surface area contributed by atoms with Crippen molar-refractivity contribution in [1.82, 2.24) is 5.48 Å². The van der Waals surface area contributed by atoms with E-state index < -0.39 is 11.7 Å². The summed E-state index contributed by atoms with van der Waals surface area (Å²) in [6.07, 6.45) is -0.0451. The van der Waals surface area contributed by atoms with Crippen LogP contribution in [-0.4, -0.2) is 24.9 Å². The summed E-state index contributed by atoms with van der Waals surface area (Å²) in [6, 6.07) is 0. The molecule has 1 aliphatic heterocycles. The molecule has 0 aromatic rings. The van der Waals surface area contributed by atoms with Crippen molar-refractivity contribution >= 4 is 5.91 Å². The molecule has 0 spiro atoms. The Kier molecular flexibility index (Phi) is 5.31. The quantitative estimate of drug-likeness (QED) is 0.360. The first-order valence-corrected chi connectivity index (χ1v) is 3.35. The minimum atomic E-state index is -0.894. The van der Waals surface area contributed by atoms with Gasteiger partial charge in [-0.2, -0.15) is 0 Å². The summed E-state index contributed by atoms with van der Waals surface area (Å²) in [4.78, 5) is 10.6. The third-order valence-corrected chi connectivity index (χ3v) is 1.49. The maximum Gasteiger partial charge on any atom is 1.00 e. The van der Waals surface area contributed by atoms with Crippen LogP contribution >= 0.6 is 0 Å². The zero-order chi connectivity index (χ0) is 8.32. The van der Waals surface area contributed by atoms with Crippen LogP contribution in [0.2, 0.25) is 0 Å². The first-order chi connectivity index (χ1) is 5.16. The van der Waals surface area contributed by atoms with Gasteiger partial charge in [0.05, 0.1) is 19.6 Å². The molecular weight excluding hydrogens is 173 g/mol. The van der Waals surface area contributed by atoms with Crippen LogP contribution < -0.4 is 35.0 Å². The van der Waals surface area contributed by atoms with Crippen molar-refractivity contribution in [3.63, 3.8) is 0 Å². The van der Waals surface area contributed by atoms with E-state index in [1.165, 1.54) is 5.48 Å². The normalized spacial score (nSPS) is 19.8. The maximum absolute atomic E-state index is 10.6. The molecule has 64 valence electrons. The molecule has 0 bridgehead atoms. The summed E-state index contributed by atoms with van der Waals surface area (Å²) in [5, 5.41) is 9.85. The smallest absolute Gasteiger partial charge is 0.759 e. The SMILES string of the molecule is CC1(CC(=O)N[O-])OCCO1.[Na+]. The molecule has 1 fully saturated rings. The molecule has 1 amide bonds. The Bertz CT molecular complexity index is 158. The van der Waals surface area contributed by atoms with Crippen molar-refractivity contribution in [3.8, 4) is 0 Å². The van der Waals surface area contributed by atoms with Gasteiger partial charge in [0.1, 0.15) is 0 Å². The minimum absolute atomic E-state index is 0. The van der Waals surface area contributed by atoms with Crippen molar-refractivity contribution in [2.75, 3.05) is 13.2 Å². The Balaban J connectivity index is 0.00000121. The molecular formula is C6H10NNaO4. The molecule has 1 aliphatic rings. The molecule has 1 N–H and O–H groups in total. The van der Waals surface area contributed by atoms with E-state index in [4.69, 9.17) is 9.47 Å². The topological polar surface area (TPSA) is 70.6 Å². The standard InChI is InChI=1S/C6H10NO4.Na/c1-6(4-5(8)7-9)10-2-3-11-6;/h2-4H2,1H3,(H-,7,8,9);/q-1;+1. The second-order valence-corrected chi connectivity index (χ2v) is 2.53. The van der Waals surface area contributed by atoms with E-state index in [9.17, 15) is 10.0 Å². The number of amides is 1. The molecule has 0 aliphatic carbocycles. The average Bonchev–Trinajstić information content (AvgIpc) is 2.36. The van der Waals surface area contributed by atoms with E-state index in [1.807, 2.05) is 0 Å². The number of carbonyl (C=O) groups is 1. The zero-order valence-electron chi connectivity index (χ0n) is 7.25. The molecule has 1 heterocycles. The number of hydrogen-bond acceptors (Lipinski definition) is 4. The summed E-state index contributed by atoms with van der Waals surface area (Å²) < 4.78 is 10.2. The molecule has 0 aromatic heterocycles. The zero-order valence-corrected chi connectivity index (χ0v) is 9.25. The summed E-state index contributed by atoms with van der Waals surface area (Å²) in [5.41, 5.74) is 1.27. The van der Waals surface area contributed by atoms with E-state index in [0.29, 0.717) is 13.2 Å². The van der Waals surface area contributed by atoms with Crippen LogP contribution in [0.25, 0.3) is 0 Å². The van der Waals surface area contributed by atoms with Crippen LogP contribution in [0.1, 0.15) is 13.3 Å². The van der Waals surface area contributed by atoms with Crippen LogP contribution in [0.4, 0.5) is 0 Å². The molecule has 6 heteroatoms. The van der Waals surface area contributed by atoms with Crippen molar-refractivity contribution in [2.45, 2.75) is 19.1 Å². The fourth-order valence-electron chi connectivity index (χ4n) is 0.987. The number of hydroxylamine groups is 1. The molecule has 1 saturated heterocycles. The first-order valence-electron chi connectivity index (χ1n) is 3.35. The largest absolute Gasteiger partial charge is 1.00 e. The Morgan fingerprint density at radius 2 is 2.08 bits per heavy atom. The summed E-state index contributed by atoms with van der Waals surface area (Å²) in [6.45, 7) is 2.58. The Morgan fingerprint density at radius 3 is 2.50 bits per heavy atom. The van der Waals surface area contributed by atoms with Crippen LogP contribution in [-0.2, 0) is 14.3 Å². The third-order valence-electron chi connectivity index (χ3n) is 1.49. The van der Waals surface area contributed by atoms with Gasteiger partial charge in [-0.1, -0.05) is 0 Å². The molecule has 0 radical (unpaired) electrons. The number of carbonyl (C=O) groups excluding carboxylic acids is 1. The van der Waals surface area contributed by atoms with Crippen LogP contribution in [0.5, 0.6) is 0 Å². The predicted octanol–water partition coefficient (Wildman–Crippen LogP) is -3.24. The second kappa shape index (κ2) is 5.16. The molecule has 0 atom stereocenters. The van der Waals surface area contributed by atoms with Crippen molar-refractivity contribution in [2.24, 2.45) is 0 Å². The summed E-state index contributed by atoms with van der Waals surface area (Å²) in [5.74, 6) is -1.51. The van der Waals surface area contributed by atoms with Crippen LogP contribution in [0.15, 0.2) is 0 Å². The van der Waals surface area contributed by atoms with Crippen molar-refractivity contribution in [1.29, 1.82) is 0 Å². The molecule has 12 heavy (non-hydrogen) atoms.